The van der Waals surface area contributed by atoms with Crippen LogP contribution < -0.4 is 5.73 Å². The van der Waals surface area contributed by atoms with Gasteiger partial charge in [0.05, 0.1) is 12.3 Å². The molecule has 0 saturated heterocycles. The van der Waals surface area contributed by atoms with Gasteiger partial charge >= 0.3 is 5.97 Å². The lowest BCUT2D eigenvalue weighted by molar-refractivity contribution is 0.0521. The SMILES string of the molecule is CCOC(=O)c1nc(CC)n(-c2ccccc2CC)c1N. The van der Waals surface area contributed by atoms with Crippen LogP contribution in [0.15, 0.2) is 24.3 Å². The molecule has 0 atom stereocenters. The van der Waals surface area contributed by atoms with Gasteiger partial charge < -0.3 is 10.5 Å². The third-order valence-electron chi connectivity index (χ3n) is 3.38. The van der Waals surface area contributed by atoms with E-state index in [-0.39, 0.29) is 5.69 Å². The number of carbonyl (C=O) groups is 1. The normalized spacial score (nSPS) is 10.6. The van der Waals surface area contributed by atoms with Crippen LogP contribution in [0.1, 0.15) is 42.6 Å². The third-order valence-corrected chi connectivity index (χ3v) is 3.38. The quantitative estimate of drug-likeness (QED) is 0.858. The summed E-state index contributed by atoms with van der Waals surface area (Å²) < 4.78 is 6.87. The first-order valence-corrected chi connectivity index (χ1v) is 7.26. The van der Waals surface area contributed by atoms with Gasteiger partial charge in [-0.3, -0.25) is 4.57 Å². The number of anilines is 1. The molecule has 1 aromatic heterocycles. The summed E-state index contributed by atoms with van der Waals surface area (Å²) in [6.07, 6.45) is 1.56. The molecule has 0 unspecified atom stereocenters. The van der Waals surface area contributed by atoms with Gasteiger partial charge in [-0.15, -0.1) is 0 Å². The average Bonchev–Trinajstić information content (AvgIpc) is 2.84. The molecule has 2 rings (SSSR count). The van der Waals surface area contributed by atoms with Crippen LogP contribution in [0.3, 0.4) is 0 Å². The number of nitrogen functional groups attached to an aromatic ring is 1. The molecule has 0 aliphatic heterocycles. The Morgan fingerprint density at radius 3 is 2.57 bits per heavy atom. The van der Waals surface area contributed by atoms with Crippen LogP contribution in [0.4, 0.5) is 5.82 Å². The minimum absolute atomic E-state index is 0.194. The molecule has 0 fully saturated rings. The average molecular weight is 287 g/mol. The van der Waals surface area contributed by atoms with Crippen LogP contribution in [0.25, 0.3) is 5.69 Å². The zero-order valence-electron chi connectivity index (χ0n) is 12.7. The molecule has 2 aromatic rings. The maximum Gasteiger partial charge on any atom is 0.360 e. The lowest BCUT2D eigenvalue weighted by Crippen LogP contribution is -2.10. The van der Waals surface area contributed by atoms with Crippen molar-refractivity contribution >= 4 is 11.8 Å². The van der Waals surface area contributed by atoms with Crippen molar-refractivity contribution in [1.82, 2.24) is 9.55 Å². The molecular formula is C16H21N3O2. The van der Waals surface area contributed by atoms with E-state index >= 15 is 0 Å². The molecule has 0 saturated carbocycles. The van der Waals surface area contributed by atoms with Gasteiger partial charge in [0, 0.05) is 6.42 Å². The van der Waals surface area contributed by atoms with Gasteiger partial charge in [0.15, 0.2) is 5.69 Å². The molecule has 5 nitrogen and oxygen atoms in total. The van der Waals surface area contributed by atoms with Crippen LogP contribution in [-0.4, -0.2) is 22.1 Å². The standard InChI is InChI=1S/C16H21N3O2/c1-4-11-9-7-8-10-12(11)19-13(5-2)18-14(15(19)17)16(20)21-6-3/h7-10H,4-6,17H2,1-3H3. The van der Waals surface area contributed by atoms with E-state index in [9.17, 15) is 4.79 Å². The second-order valence-corrected chi connectivity index (χ2v) is 4.65. The molecule has 0 bridgehead atoms. The Bertz CT molecular complexity index is 647. The lowest BCUT2D eigenvalue weighted by atomic mass is 10.1. The molecule has 21 heavy (non-hydrogen) atoms. The molecule has 1 aromatic carbocycles. The number of para-hydroxylation sites is 1. The van der Waals surface area contributed by atoms with Crippen molar-refractivity contribution in [3.8, 4) is 5.69 Å². The molecule has 1 heterocycles. The number of aryl methyl sites for hydroxylation is 2. The van der Waals surface area contributed by atoms with Gasteiger partial charge in [0.1, 0.15) is 11.6 Å². The number of hydrogen-bond donors (Lipinski definition) is 1. The molecule has 5 heteroatoms. The van der Waals surface area contributed by atoms with E-state index in [0.717, 1.165) is 23.5 Å². The Balaban J connectivity index is 2.60. The number of imidazole rings is 1. The molecule has 0 aliphatic carbocycles. The number of carbonyl (C=O) groups excluding carboxylic acids is 1. The summed E-state index contributed by atoms with van der Waals surface area (Å²) in [4.78, 5) is 16.3. The van der Waals surface area contributed by atoms with E-state index in [1.807, 2.05) is 29.7 Å². The summed E-state index contributed by atoms with van der Waals surface area (Å²) in [6, 6.07) is 7.99. The van der Waals surface area contributed by atoms with E-state index < -0.39 is 5.97 Å². The molecule has 112 valence electrons. The maximum atomic E-state index is 12.0. The fourth-order valence-corrected chi connectivity index (χ4v) is 2.36. The molecule has 0 spiro atoms. The molecule has 0 radical (unpaired) electrons. The van der Waals surface area contributed by atoms with Gasteiger partial charge in [-0.2, -0.15) is 0 Å². The van der Waals surface area contributed by atoms with E-state index in [0.29, 0.717) is 18.8 Å². The minimum Gasteiger partial charge on any atom is -0.461 e. The number of aromatic nitrogens is 2. The summed E-state index contributed by atoms with van der Waals surface area (Å²) in [5.41, 5.74) is 8.49. The summed E-state index contributed by atoms with van der Waals surface area (Å²) >= 11 is 0. The predicted molar refractivity (Wildman–Crippen MR) is 82.7 cm³/mol. The first-order valence-electron chi connectivity index (χ1n) is 7.26. The maximum absolute atomic E-state index is 12.0. The van der Waals surface area contributed by atoms with Crippen molar-refractivity contribution in [2.75, 3.05) is 12.3 Å². The van der Waals surface area contributed by atoms with Crippen LogP contribution in [-0.2, 0) is 17.6 Å². The van der Waals surface area contributed by atoms with Crippen LogP contribution in [0.5, 0.6) is 0 Å². The van der Waals surface area contributed by atoms with Gasteiger partial charge in [-0.1, -0.05) is 32.0 Å². The molecular weight excluding hydrogens is 266 g/mol. The summed E-state index contributed by atoms with van der Waals surface area (Å²) in [6.45, 7) is 6.14. The van der Waals surface area contributed by atoms with E-state index in [2.05, 4.69) is 18.0 Å². The highest BCUT2D eigenvalue weighted by molar-refractivity contribution is 5.92. The zero-order chi connectivity index (χ0) is 15.4. The second-order valence-electron chi connectivity index (χ2n) is 4.65. The zero-order valence-corrected chi connectivity index (χ0v) is 12.7. The van der Waals surface area contributed by atoms with Crippen molar-refractivity contribution in [1.29, 1.82) is 0 Å². The number of benzene rings is 1. The number of hydrogen-bond acceptors (Lipinski definition) is 4. The minimum atomic E-state index is -0.475. The van der Waals surface area contributed by atoms with Crippen molar-refractivity contribution in [3.63, 3.8) is 0 Å². The first kappa shape index (κ1) is 15.1. The summed E-state index contributed by atoms with van der Waals surface area (Å²) in [5.74, 6) is 0.625. The molecule has 0 amide bonds. The van der Waals surface area contributed by atoms with Crippen molar-refractivity contribution in [2.45, 2.75) is 33.6 Å². The largest absolute Gasteiger partial charge is 0.461 e. The highest BCUT2D eigenvalue weighted by atomic mass is 16.5. The monoisotopic (exact) mass is 287 g/mol. The van der Waals surface area contributed by atoms with E-state index in [1.165, 1.54) is 0 Å². The molecule has 0 aliphatic rings. The first-order chi connectivity index (χ1) is 10.1. The van der Waals surface area contributed by atoms with Crippen molar-refractivity contribution < 1.29 is 9.53 Å². The van der Waals surface area contributed by atoms with Crippen molar-refractivity contribution in [2.24, 2.45) is 0 Å². The van der Waals surface area contributed by atoms with Crippen LogP contribution in [0.2, 0.25) is 0 Å². The Kier molecular flexibility index (Phi) is 4.62. The van der Waals surface area contributed by atoms with Gasteiger partial charge in [-0.25, -0.2) is 9.78 Å². The van der Waals surface area contributed by atoms with Gasteiger partial charge in [-0.05, 0) is 25.0 Å². The van der Waals surface area contributed by atoms with Crippen molar-refractivity contribution in [3.05, 3.63) is 41.3 Å². The second kappa shape index (κ2) is 6.43. The van der Waals surface area contributed by atoms with Crippen LogP contribution in [0, 0.1) is 0 Å². The fraction of sp³-hybridized carbons (Fsp3) is 0.375. The topological polar surface area (TPSA) is 70.1 Å². The number of rotatable bonds is 5. The Labute approximate surface area is 124 Å². The molecule has 2 N–H and O–H groups in total. The smallest absolute Gasteiger partial charge is 0.360 e. The number of ether oxygens (including phenoxy) is 1. The summed E-state index contributed by atoms with van der Waals surface area (Å²) in [5, 5.41) is 0. The van der Waals surface area contributed by atoms with Gasteiger partial charge in [0.2, 0.25) is 0 Å². The lowest BCUT2D eigenvalue weighted by Gasteiger charge is -2.13. The predicted octanol–water partition coefficient (Wildman–Crippen LogP) is 2.76. The summed E-state index contributed by atoms with van der Waals surface area (Å²) in [7, 11) is 0. The Morgan fingerprint density at radius 2 is 1.95 bits per heavy atom. The fourth-order valence-electron chi connectivity index (χ4n) is 2.36. The van der Waals surface area contributed by atoms with E-state index in [4.69, 9.17) is 10.5 Å². The third kappa shape index (κ3) is 2.77. The number of nitrogens with zero attached hydrogens (tertiary/aromatic N) is 2. The van der Waals surface area contributed by atoms with Crippen LogP contribution >= 0.6 is 0 Å². The van der Waals surface area contributed by atoms with E-state index in [1.54, 1.807) is 6.92 Å². The Hall–Kier alpha value is -2.30. The Morgan fingerprint density at radius 1 is 1.24 bits per heavy atom. The highest BCUT2D eigenvalue weighted by Crippen LogP contribution is 2.25. The number of esters is 1. The van der Waals surface area contributed by atoms with Gasteiger partial charge in [0.25, 0.3) is 0 Å². The number of nitrogens with two attached hydrogens (primary N) is 1. The highest BCUT2D eigenvalue weighted by Gasteiger charge is 2.22.